The maximum Gasteiger partial charge on any atom is 0.334 e. The summed E-state index contributed by atoms with van der Waals surface area (Å²) in [7, 11) is 0. The molecule has 0 bridgehead atoms. The van der Waals surface area contributed by atoms with Crippen LogP contribution in [-0.2, 0) is 10.3 Å². The lowest BCUT2D eigenvalue weighted by molar-refractivity contribution is -0.143. The standard InChI is InChI=1S/C17H18FNO2/c1-2-12-17(16(20)21,13-6-4-3-5-7-13)19-15-10-8-14(18)9-11-15/h3-11,19H,2,12H2,1H3,(H,20,21). The molecule has 0 aliphatic rings. The van der Waals surface area contributed by atoms with E-state index in [0.29, 0.717) is 24.1 Å². The number of carboxylic acid groups (broad SMARTS) is 1. The molecule has 0 saturated heterocycles. The monoisotopic (exact) mass is 287 g/mol. The van der Waals surface area contributed by atoms with E-state index in [4.69, 9.17) is 0 Å². The zero-order valence-corrected chi connectivity index (χ0v) is 11.8. The van der Waals surface area contributed by atoms with E-state index in [9.17, 15) is 14.3 Å². The van der Waals surface area contributed by atoms with Crippen LogP contribution in [0.3, 0.4) is 0 Å². The Bertz CT molecular complexity index is 598. The number of hydrogen-bond donors (Lipinski definition) is 2. The van der Waals surface area contributed by atoms with Gasteiger partial charge in [0, 0.05) is 5.69 Å². The maximum atomic E-state index is 13.0. The number of carbonyl (C=O) groups is 1. The van der Waals surface area contributed by atoms with E-state index in [-0.39, 0.29) is 5.82 Å². The van der Waals surface area contributed by atoms with E-state index in [1.54, 1.807) is 24.3 Å². The zero-order valence-electron chi connectivity index (χ0n) is 11.8. The highest BCUT2D eigenvalue weighted by molar-refractivity contribution is 5.84. The van der Waals surface area contributed by atoms with Crippen molar-refractivity contribution in [2.45, 2.75) is 25.3 Å². The van der Waals surface area contributed by atoms with Crippen molar-refractivity contribution < 1.29 is 14.3 Å². The number of carboxylic acids is 1. The third-order valence-electron chi connectivity index (χ3n) is 3.46. The summed E-state index contributed by atoms with van der Waals surface area (Å²) < 4.78 is 13.0. The molecule has 1 atom stereocenters. The molecule has 0 spiro atoms. The third-order valence-corrected chi connectivity index (χ3v) is 3.46. The molecular formula is C17H18FNO2. The van der Waals surface area contributed by atoms with Gasteiger partial charge < -0.3 is 10.4 Å². The summed E-state index contributed by atoms with van der Waals surface area (Å²) in [6.07, 6.45) is 1.14. The van der Waals surface area contributed by atoms with Crippen LogP contribution in [0.2, 0.25) is 0 Å². The second-order valence-corrected chi connectivity index (χ2v) is 4.96. The second-order valence-electron chi connectivity index (χ2n) is 4.96. The van der Waals surface area contributed by atoms with Crippen molar-refractivity contribution >= 4 is 11.7 Å². The molecule has 21 heavy (non-hydrogen) atoms. The van der Waals surface area contributed by atoms with Gasteiger partial charge in [0.2, 0.25) is 0 Å². The predicted octanol–water partition coefficient (Wildman–Crippen LogP) is 4.02. The molecule has 2 N–H and O–H groups in total. The Morgan fingerprint density at radius 1 is 1.14 bits per heavy atom. The highest BCUT2D eigenvalue weighted by Gasteiger charge is 2.39. The van der Waals surface area contributed by atoms with Crippen LogP contribution < -0.4 is 5.32 Å². The van der Waals surface area contributed by atoms with Crippen molar-refractivity contribution in [2.24, 2.45) is 0 Å². The van der Waals surface area contributed by atoms with Crippen LogP contribution >= 0.6 is 0 Å². The second kappa shape index (κ2) is 6.39. The minimum Gasteiger partial charge on any atom is -0.479 e. The summed E-state index contributed by atoms with van der Waals surface area (Å²) in [6.45, 7) is 1.94. The van der Waals surface area contributed by atoms with Crippen LogP contribution in [0.15, 0.2) is 54.6 Å². The quantitative estimate of drug-likeness (QED) is 0.843. The summed E-state index contributed by atoms with van der Waals surface area (Å²) >= 11 is 0. The largest absolute Gasteiger partial charge is 0.479 e. The van der Waals surface area contributed by atoms with Gasteiger partial charge >= 0.3 is 5.97 Å². The Morgan fingerprint density at radius 3 is 2.29 bits per heavy atom. The molecule has 0 aliphatic carbocycles. The van der Waals surface area contributed by atoms with Crippen molar-refractivity contribution in [1.82, 2.24) is 0 Å². The Balaban J connectivity index is 2.44. The molecule has 2 aromatic rings. The molecule has 3 nitrogen and oxygen atoms in total. The Hall–Kier alpha value is -2.36. The van der Waals surface area contributed by atoms with Crippen molar-refractivity contribution in [3.63, 3.8) is 0 Å². The molecule has 2 rings (SSSR count). The Labute approximate surface area is 123 Å². The minimum absolute atomic E-state index is 0.350. The van der Waals surface area contributed by atoms with Crippen molar-refractivity contribution in [3.8, 4) is 0 Å². The van der Waals surface area contributed by atoms with Crippen molar-refractivity contribution in [2.75, 3.05) is 5.32 Å². The summed E-state index contributed by atoms with van der Waals surface area (Å²) in [5.41, 5.74) is 0.0492. The molecular weight excluding hydrogens is 269 g/mol. The maximum absolute atomic E-state index is 13.0. The van der Waals surface area contributed by atoms with Gasteiger partial charge in [0.1, 0.15) is 5.82 Å². The smallest absolute Gasteiger partial charge is 0.334 e. The summed E-state index contributed by atoms with van der Waals surface area (Å²) in [4.78, 5) is 11.9. The fourth-order valence-electron chi connectivity index (χ4n) is 2.44. The molecule has 0 radical (unpaired) electrons. The number of rotatable bonds is 6. The summed E-state index contributed by atoms with van der Waals surface area (Å²) in [5, 5.41) is 12.9. The first-order chi connectivity index (χ1) is 10.1. The number of aliphatic carboxylic acids is 1. The lowest BCUT2D eigenvalue weighted by Crippen LogP contribution is -2.43. The lowest BCUT2D eigenvalue weighted by Gasteiger charge is -2.32. The molecule has 0 aromatic heterocycles. The van der Waals surface area contributed by atoms with E-state index in [0.717, 1.165) is 0 Å². The van der Waals surface area contributed by atoms with Crippen LogP contribution in [0.4, 0.5) is 10.1 Å². The zero-order chi connectivity index (χ0) is 15.3. The SMILES string of the molecule is CCCC(Nc1ccc(F)cc1)(C(=O)O)c1ccccc1. The van der Waals surface area contributed by atoms with E-state index >= 15 is 0 Å². The van der Waals surface area contributed by atoms with Gasteiger partial charge in [-0.2, -0.15) is 0 Å². The Morgan fingerprint density at radius 2 is 1.76 bits per heavy atom. The van der Waals surface area contributed by atoms with Crippen molar-refractivity contribution in [3.05, 3.63) is 66.0 Å². The van der Waals surface area contributed by atoms with E-state index in [2.05, 4.69) is 5.32 Å². The van der Waals surface area contributed by atoms with Crippen LogP contribution in [-0.4, -0.2) is 11.1 Å². The first kappa shape index (κ1) is 15.0. The molecule has 0 fully saturated rings. The van der Waals surface area contributed by atoms with E-state index in [1.165, 1.54) is 12.1 Å². The van der Waals surface area contributed by atoms with Crippen LogP contribution in [0.25, 0.3) is 0 Å². The topological polar surface area (TPSA) is 49.3 Å². The lowest BCUT2D eigenvalue weighted by atomic mass is 9.85. The van der Waals surface area contributed by atoms with Gasteiger partial charge in [-0.1, -0.05) is 43.7 Å². The Kier molecular flexibility index (Phi) is 4.58. The van der Waals surface area contributed by atoms with Crippen molar-refractivity contribution in [1.29, 1.82) is 0 Å². The normalized spacial score (nSPS) is 13.4. The molecule has 0 amide bonds. The van der Waals surface area contributed by atoms with Gasteiger partial charge in [-0.15, -0.1) is 0 Å². The van der Waals surface area contributed by atoms with Gasteiger partial charge in [0.15, 0.2) is 5.54 Å². The van der Waals surface area contributed by atoms with Gasteiger partial charge in [-0.3, -0.25) is 0 Å². The highest BCUT2D eigenvalue weighted by Crippen LogP contribution is 2.31. The predicted molar refractivity (Wildman–Crippen MR) is 80.7 cm³/mol. The minimum atomic E-state index is -1.21. The number of hydrogen-bond acceptors (Lipinski definition) is 2. The van der Waals surface area contributed by atoms with Crippen LogP contribution in [0, 0.1) is 5.82 Å². The van der Waals surface area contributed by atoms with E-state index < -0.39 is 11.5 Å². The van der Waals surface area contributed by atoms with Crippen LogP contribution in [0.1, 0.15) is 25.3 Å². The molecule has 4 heteroatoms. The molecule has 2 aromatic carbocycles. The fourth-order valence-corrected chi connectivity index (χ4v) is 2.44. The first-order valence-corrected chi connectivity index (χ1v) is 6.91. The number of benzene rings is 2. The van der Waals surface area contributed by atoms with Gasteiger partial charge in [0.25, 0.3) is 0 Å². The summed E-state index contributed by atoms with van der Waals surface area (Å²) in [5.74, 6) is -1.29. The number of halogens is 1. The molecule has 1 unspecified atom stereocenters. The average molecular weight is 287 g/mol. The average Bonchev–Trinajstić information content (AvgIpc) is 2.49. The molecule has 110 valence electrons. The number of nitrogens with one attached hydrogen (secondary N) is 1. The van der Waals surface area contributed by atoms with E-state index in [1.807, 2.05) is 25.1 Å². The molecule has 0 heterocycles. The number of anilines is 1. The van der Waals surface area contributed by atoms with Gasteiger partial charge in [-0.05, 0) is 36.2 Å². The third kappa shape index (κ3) is 3.21. The first-order valence-electron chi connectivity index (χ1n) is 6.91. The summed E-state index contributed by atoms with van der Waals surface area (Å²) in [6, 6.07) is 14.8. The molecule has 0 saturated carbocycles. The fraction of sp³-hybridized carbons (Fsp3) is 0.235. The molecule has 0 aliphatic heterocycles. The van der Waals surface area contributed by atoms with Gasteiger partial charge in [-0.25, -0.2) is 9.18 Å². The van der Waals surface area contributed by atoms with Gasteiger partial charge in [0.05, 0.1) is 0 Å². The highest BCUT2D eigenvalue weighted by atomic mass is 19.1. The van der Waals surface area contributed by atoms with Crippen LogP contribution in [0.5, 0.6) is 0 Å².